The Labute approximate surface area is 423 Å². The molecule has 0 saturated carbocycles. The molecule has 0 aromatic rings. The first-order valence-corrected chi connectivity index (χ1v) is 28.3. The van der Waals surface area contributed by atoms with E-state index in [0.29, 0.717) is 50.9 Å². The van der Waals surface area contributed by atoms with Gasteiger partial charge in [-0.1, -0.05) is 6.92 Å². The third-order valence-corrected chi connectivity index (χ3v) is 18.5. The number of hydrogen-bond donors (Lipinski definition) is 5. The van der Waals surface area contributed by atoms with E-state index in [1.807, 2.05) is 16.7 Å². The molecule has 8 saturated heterocycles. The van der Waals surface area contributed by atoms with E-state index in [1.54, 1.807) is 6.92 Å². The van der Waals surface area contributed by atoms with E-state index < -0.39 is 0 Å². The van der Waals surface area contributed by atoms with Crippen LogP contribution >= 0.6 is 0 Å². The lowest BCUT2D eigenvalue weighted by atomic mass is 9.70. The molecule has 0 unspecified atom stereocenters. The number of nitrogens with zero attached hydrogens (tertiary/aromatic N) is 7. The molecule has 70 heavy (non-hydrogen) atoms. The number of imide groups is 1. The van der Waals surface area contributed by atoms with Gasteiger partial charge in [0.25, 0.3) is 0 Å². The minimum Gasteiger partial charge on any atom is -0.370 e. The van der Waals surface area contributed by atoms with Gasteiger partial charge in [0.1, 0.15) is 0 Å². The Morgan fingerprint density at radius 1 is 0.571 bits per heavy atom. The fraction of sp³-hybridized carbons (Fsp3) is 0.889. The van der Waals surface area contributed by atoms with Crippen LogP contribution in [0.4, 0.5) is 0 Å². The van der Waals surface area contributed by atoms with Crippen LogP contribution in [0.15, 0.2) is 4.99 Å². The Kier molecular flexibility index (Phi) is 22.3. The molecule has 0 bridgehead atoms. The molecule has 398 valence electrons. The minimum absolute atomic E-state index is 0.0208. The molecule has 0 aromatic heterocycles. The Bertz CT molecular complexity index is 1650. The molecule has 3 spiro atoms. The van der Waals surface area contributed by atoms with Crippen LogP contribution in [0, 0.1) is 33.5 Å². The number of nitrogens with two attached hydrogens (primary N) is 2. The fourth-order valence-electron chi connectivity index (χ4n) is 13.0. The van der Waals surface area contributed by atoms with Crippen LogP contribution in [0.5, 0.6) is 0 Å². The molecule has 16 nitrogen and oxygen atoms in total. The third-order valence-electron chi connectivity index (χ3n) is 18.5. The van der Waals surface area contributed by atoms with E-state index in [4.69, 9.17) is 16.9 Å². The fourth-order valence-corrected chi connectivity index (χ4v) is 13.0. The van der Waals surface area contributed by atoms with Crippen LogP contribution in [0.1, 0.15) is 156 Å². The predicted molar refractivity (Wildman–Crippen MR) is 282 cm³/mol. The number of piperidine rings is 8. The number of guanidine groups is 1. The lowest BCUT2D eigenvalue weighted by molar-refractivity contribution is -0.155. The van der Waals surface area contributed by atoms with Gasteiger partial charge in [0.15, 0.2) is 5.96 Å². The number of likely N-dealkylation sites (tertiary alicyclic amines) is 6. The van der Waals surface area contributed by atoms with Crippen LogP contribution in [0.2, 0.25) is 0 Å². The van der Waals surface area contributed by atoms with E-state index >= 15 is 0 Å². The first-order chi connectivity index (χ1) is 33.7. The van der Waals surface area contributed by atoms with Crippen molar-refractivity contribution in [1.29, 1.82) is 5.41 Å². The van der Waals surface area contributed by atoms with Crippen molar-refractivity contribution < 1.29 is 19.2 Å². The number of nitrogens with one attached hydrogen (secondary N) is 3. The maximum absolute atomic E-state index is 12.2. The molecule has 8 rings (SSSR count). The third kappa shape index (κ3) is 17.2. The van der Waals surface area contributed by atoms with Crippen LogP contribution < -0.4 is 22.1 Å². The second-order valence-electron chi connectivity index (χ2n) is 23.1. The van der Waals surface area contributed by atoms with E-state index in [9.17, 15) is 19.2 Å². The summed E-state index contributed by atoms with van der Waals surface area (Å²) >= 11 is 0. The molecule has 0 aromatic carbocycles. The normalized spacial score (nSPS) is 24.7. The highest BCUT2D eigenvalue weighted by Crippen LogP contribution is 2.44. The van der Waals surface area contributed by atoms with Crippen LogP contribution in [-0.4, -0.2) is 189 Å². The number of aliphatic imine (C=N–C) groups is 1. The number of amides is 4. The quantitative estimate of drug-likeness (QED) is 0.0902. The summed E-state index contributed by atoms with van der Waals surface area (Å²) in [4.78, 5) is 66.0. The van der Waals surface area contributed by atoms with Gasteiger partial charge >= 0.3 is 0 Å². The van der Waals surface area contributed by atoms with E-state index in [2.05, 4.69) is 37.2 Å². The zero-order valence-electron chi connectivity index (χ0n) is 44.4. The second-order valence-corrected chi connectivity index (χ2v) is 23.1. The maximum Gasteiger partial charge on any atom is 0.229 e. The van der Waals surface area contributed by atoms with E-state index in [-0.39, 0.29) is 40.4 Å². The molecule has 0 radical (unpaired) electrons. The average Bonchev–Trinajstić information content (AvgIpc) is 3.37. The van der Waals surface area contributed by atoms with Crippen LogP contribution in [-0.2, 0) is 19.2 Å². The molecule has 0 atom stereocenters. The smallest absolute Gasteiger partial charge is 0.229 e. The van der Waals surface area contributed by atoms with Gasteiger partial charge in [0, 0.05) is 64.1 Å². The molecular formula is C54H98N12O4. The number of hydrogen-bond acceptors (Lipinski definition) is 11. The number of carbonyl (C=O) groups excluding carboxylic acids is 4. The van der Waals surface area contributed by atoms with E-state index in [1.165, 1.54) is 141 Å². The molecule has 8 heterocycles. The highest BCUT2D eigenvalue weighted by molar-refractivity contribution is 5.98. The Morgan fingerprint density at radius 2 is 0.957 bits per heavy atom. The summed E-state index contributed by atoms with van der Waals surface area (Å²) in [6.07, 6.45) is 22.6. The summed E-state index contributed by atoms with van der Waals surface area (Å²) in [7, 11) is 0. The van der Waals surface area contributed by atoms with Crippen LogP contribution in [0.3, 0.4) is 0 Å². The molecule has 7 N–H and O–H groups in total. The van der Waals surface area contributed by atoms with Crippen molar-refractivity contribution in [2.45, 2.75) is 156 Å². The number of carbonyl (C=O) groups is 4. The summed E-state index contributed by atoms with van der Waals surface area (Å²) in [5.74, 6) is 2.27. The maximum atomic E-state index is 12.2. The molecule has 8 aliphatic heterocycles. The van der Waals surface area contributed by atoms with Crippen LogP contribution in [0.25, 0.3) is 0 Å². The second kappa shape index (κ2) is 27.8. The standard InChI is InChI=1S/C18H32N6O2.C18H31N3O2.C18H35N3/c1-14(19)2-3-15(25)23-10-5-18(6-11-23)7-12-24(13-8-18)16(26)4-9-22-17(20)21;1-2-21-16(22)13-18(14-17(21)23)6-11-20(12-7-18)10-5-15-3-8-19-9-4-15;1-2-20-13-6-18(7-14-20)8-15-21(16-9-18)12-5-17-3-10-19-11-4-17/h19H,2-13H2,1H3,(H4,20,21,22);15,19H,2-14H2,1H3;17,19H,2-16H2,1H3. The van der Waals surface area contributed by atoms with Gasteiger partial charge in [-0.05, 0) is 236 Å². The average molecular weight is 979 g/mol. The van der Waals surface area contributed by atoms with Crippen molar-refractivity contribution in [3.63, 3.8) is 0 Å². The summed E-state index contributed by atoms with van der Waals surface area (Å²) in [5, 5.41) is 14.4. The zero-order chi connectivity index (χ0) is 50.0. The zero-order valence-corrected chi connectivity index (χ0v) is 44.4. The van der Waals surface area contributed by atoms with Crippen molar-refractivity contribution in [2.24, 2.45) is 44.5 Å². The minimum atomic E-state index is -0.0366. The Balaban J connectivity index is 0.000000173. The van der Waals surface area contributed by atoms with E-state index in [0.717, 1.165) is 95.0 Å². The van der Waals surface area contributed by atoms with Crippen molar-refractivity contribution in [3.8, 4) is 0 Å². The predicted octanol–water partition coefficient (Wildman–Crippen LogP) is 4.90. The van der Waals surface area contributed by atoms with Gasteiger partial charge < -0.3 is 52.0 Å². The van der Waals surface area contributed by atoms with Gasteiger partial charge in [-0.2, -0.15) is 0 Å². The lowest BCUT2D eigenvalue weighted by Gasteiger charge is -2.47. The van der Waals surface area contributed by atoms with Gasteiger partial charge in [-0.15, -0.1) is 0 Å². The molecule has 0 aliphatic carbocycles. The Morgan fingerprint density at radius 3 is 1.34 bits per heavy atom. The topological polar surface area (TPSA) is 200 Å². The molecular weight excluding hydrogens is 881 g/mol. The van der Waals surface area contributed by atoms with Crippen molar-refractivity contribution in [1.82, 2.24) is 40.0 Å². The summed E-state index contributed by atoms with van der Waals surface area (Å²) < 4.78 is 0. The highest BCUT2D eigenvalue weighted by Gasteiger charge is 2.45. The van der Waals surface area contributed by atoms with Gasteiger partial charge in [0.05, 0.1) is 6.54 Å². The van der Waals surface area contributed by atoms with Crippen molar-refractivity contribution in [3.05, 3.63) is 0 Å². The summed E-state index contributed by atoms with van der Waals surface area (Å²) in [6.45, 7) is 26.2. The first-order valence-electron chi connectivity index (χ1n) is 28.3. The molecule has 16 heteroatoms. The van der Waals surface area contributed by atoms with Crippen molar-refractivity contribution >= 4 is 35.3 Å². The van der Waals surface area contributed by atoms with Gasteiger partial charge in [-0.25, -0.2) is 0 Å². The van der Waals surface area contributed by atoms with Gasteiger partial charge in [-0.3, -0.25) is 29.1 Å². The SMILES string of the molecule is CC(=N)CCC(=O)N1CCC2(CCN(C(=O)CCN=C(N)N)CC2)CC1.CCN1C(=O)CC2(CCN(CCC3CCNCC3)CC2)CC1=O.CCN1CCC2(CC1)CCN(CCC1CCNCC1)CC2. The number of rotatable bonds is 14. The van der Waals surface area contributed by atoms with Crippen molar-refractivity contribution in [2.75, 3.05) is 124 Å². The van der Waals surface area contributed by atoms with Gasteiger partial charge in [0.2, 0.25) is 23.6 Å². The summed E-state index contributed by atoms with van der Waals surface area (Å²) in [5.41, 5.74) is 12.1. The first kappa shape index (κ1) is 56.1. The molecule has 8 fully saturated rings. The molecule has 4 amide bonds. The monoisotopic (exact) mass is 979 g/mol. The molecule has 8 aliphatic rings. The largest absolute Gasteiger partial charge is 0.370 e. The highest BCUT2D eigenvalue weighted by atomic mass is 16.2. The lowest BCUT2D eigenvalue weighted by Crippen LogP contribution is -2.51. The Hall–Kier alpha value is -3.18. The summed E-state index contributed by atoms with van der Waals surface area (Å²) in [6, 6.07) is 0.